The Labute approximate surface area is 155 Å². The van der Waals surface area contributed by atoms with Gasteiger partial charge in [-0.3, -0.25) is 19.3 Å². The molecule has 0 unspecified atom stereocenters. The van der Waals surface area contributed by atoms with Gasteiger partial charge in [-0.15, -0.1) is 0 Å². The van der Waals surface area contributed by atoms with Gasteiger partial charge in [0.2, 0.25) is 0 Å². The van der Waals surface area contributed by atoms with Gasteiger partial charge in [0.1, 0.15) is 11.5 Å². The summed E-state index contributed by atoms with van der Waals surface area (Å²) in [6.45, 7) is 3.79. The van der Waals surface area contributed by atoms with Crippen molar-refractivity contribution in [3.05, 3.63) is 64.0 Å². The molecule has 2 heterocycles. The summed E-state index contributed by atoms with van der Waals surface area (Å²) >= 11 is 0.908. The zero-order valence-electron chi connectivity index (χ0n) is 14.4. The summed E-state index contributed by atoms with van der Waals surface area (Å²) in [5, 5.41) is 2.38. The molecule has 6 nitrogen and oxygen atoms in total. The minimum absolute atomic E-state index is 0.123. The quantitative estimate of drug-likeness (QED) is 0.817. The highest BCUT2D eigenvalue weighted by molar-refractivity contribution is 8.18. The minimum Gasteiger partial charge on any atom is -0.466 e. The third kappa shape index (κ3) is 3.88. The summed E-state index contributed by atoms with van der Waals surface area (Å²) in [6, 6.07) is 11.0. The van der Waals surface area contributed by atoms with Gasteiger partial charge >= 0.3 is 0 Å². The number of furan rings is 1. The molecule has 0 bridgehead atoms. The van der Waals surface area contributed by atoms with Crippen LogP contribution in [0.1, 0.15) is 27.4 Å². The van der Waals surface area contributed by atoms with Gasteiger partial charge in [0.15, 0.2) is 0 Å². The van der Waals surface area contributed by atoms with Gasteiger partial charge in [0.25, 0.3) is 17.1 Å². The fraction of sp³-hybridized carbons (Fsp3) is 0.211. The van der Waals surface area contributed by atoms with E-state index in [1.807, 2.05) is 30.3 Å². The maximum atomic E-state index is 12.4. The molecule has 1 saturated heterocycles. The van der Waals surface area contributed by atoms with E-state index < -0.39 is 0 Å². The number of nitrogens with zero attached hydrogens (tertiary/aromatic N) is 1. The van der Waals surface area contributed by atoms with E-state index in [0.29, 0.717) is 22.0 Å². The van der Waals surface area contributed by atoms with Gasteiger partial charge < -0.3 is 9.73 Å². The molecule has 1 aliphatic heterocycles. The molecule has 0 atom stereocenters. The van der Waals surface area contributed by atoms with Gasteiger partial charge in [0, 0.05) is 13.1 Å². The molecule has 1 N–H and O–H groups in total. The number of carbonyl (C=O) groups is 3. The van der Waals surface area contributed by atoms with Crippen LogP contribution >= 0.6 is 11.8 Å². The largest absolute Gasteiger partial charge is 0.466 e. The lowest BCUT2D eigenvalue weighted by Crippen LogP contribution is -2.37. The van der Waals surface area contributed by atoms with E-state index >= 15 is 0 Å². The lowest BCUT2D eigenvalue weighted by molar-refractivity contribution is -0.122. The number of aryl methyl sites for hydroxylation is 2. The highest BCUT2D eigenvalue weighted by Crippen LogP contribution is 2.31. The van der Waals surface area contributed by atoms with Crippen LogP contribution in [0.25, 0.3) is 6.08 Å². The second-order valence-electron chi connectivity index (χ2n) is 5.83. The Hall–Kier alpha value is -2.80. The summed E-state index contributed by atoms with van der Waals surface area (Å²) in [4.78, 5) is 38.2. The van der Waals surface area contributed by atoms with Crippen LogP contribution in [0.2, 0.25) is 0 Å². The van der Waals surface area contributed by atoms with Crippen LogP contribution in [-0.4, -0.2) is 35.0 Å². The number of imide groups is 1. The molecule has 1 aliphatic rings. The normalized spacial score (nSPS) is 15.8. The van der Waals surface area contributed by atoms with Crippen molar-refractivity contribution >= 4 is 34.9 Å². The molecule has 7 heteroatoms. The topological polar surface area (TPSA) is 79.6 Å². The first-order chi connectivity index (χ1) is 12.5. The van der Waals surface area contributed by atoms with Gasteiger partial charge in [-0.05, 0) is 43.3 Å². The van der Waals surface area contributed by atoms with Crippen molar-refractivity contribution in [2.75, 3.05) is 13.1 Å². The molecular formula is C19H18N2O4S. The Bertz CT molecular complexity index is 886. The summed E-state index contributed by atoms with van der Waals surface area (Å²) in [6.07, 6.45) is 1.70. The van der Waals surface area contributed by atoms with E-state index in [0.717, 1.165) is 22.2 Å². The fourth-order valence-electron chi connectivity index (χ4n) is 2.63. The summed E-state index contributed by atoms with van der Waals surface area (Å²) < 4.78 is 5.33. The number of hydrogen-bond acceptors (Lipinski definition) is 5. The van der Waals surface area contributed by atoms with Crippen LogP contribution in [0.3, 0.4) is 0 Å². The summed E-state index contributed by atoms with van der Waals surface area (Å²) in [5.41, 5.74) is 1.32. The summed E-state index contributed by atoms with van der Waals surface area (Å²) in [7, 11) is 0. The first-order valence-electron chi connectivity index (χ1n) is 8.11. The van der Waals surface area contributed by atoms with Crippen LogP contribution in [0.4, 0.5) is 4.79 Å². The van der Waals surface area contributed by atoms with E-state index in [2.05, 4.69) is 5.32 Å². The molecule has 0 saturated carbocycles. The molecule has 3 amide bonds. The SMILES string of the molecule is Cc1cc(C(=O)NCCN2C(=O)SC(=Cc3ccccc3)C2=O)c(C)o1. The number of thioether (sulfide) groups is 1. The zero-order valence-corrected chi connectivity index (χ0v) is 15.3. The predicted octanol–water partition coefficient (Wildman–Crippen LogP) is 3.36. The Morgan fingerprint density at radius 3 is 2.62 bits per heavy atom. The van der Waals surface area contributed by atoms with Crippen LogP contribution in [0.15, 0.2) is 45.7 Å². The average molecular weight is 370 g/mol. The zero-order chi connectivity index (χ0) is 18.7. The van der Waals surface area contributed by atoms with Crippen molar-refractivity contribution in [1.82, 2.24) is 10.2 Å². The van der Waals surface area contributed by atoms with E-state index in [4.69, 9.17) is 4.42 Å². The molecule has 0 radical (unpaired) electrons. The number of rotatable bonds is 5. The lowest BCUT2D eigenvalue weighted by atomic mass is 10.2. The standard InChI is InChI=1S/C19H18N2O4S/c1-12-10-15(13(2)25-12)17(22)20-8-9-21-18(23)16(26-19(21)24)11-14-6-4-3-5-7-14/h3-7,10-11H,8-9H2,1-2H3,(H,20,22). The van der Waals surface area contributed by atoms with Crippen LogP contribution in [-0.2, 0) is 4.79 Å². The van der Waals surface area contributed by atoms with Crippen LogP contribution in [0.5, 0.6) is 0 Å². The smallest absolute Gasteiger partial charge is 0.293 e. The molecule has 0 spiro atoms. The second-order valence-corrected chi connectivity index (χ2v) is 6.82. The highest BCUT2D eigenvalue weighted by Gasteiger charge is 2.34. The van der Waals surface area contributed by atoms with Crippen molar-refractivity contribution in [1.29, 1.82) is 0 Å². The monoisotopic (exact) mass is 370 g/mol. The maximum Gasteiger partial charge on any atom is 0.293 e. The molecular weight excluding hydrogens is 352 g/mol. The van der Waals surface area contributed by atoms with Gasteiger partial charge in [-0.25, -0.2) is 0 Å². The fourth-order valence-corrected chi connectivity index (χ4v) is 3.49. The van der Waals surface area contributed by atoms with E-state index in [1.165, 1.54) is 0 Å². The first kappa shape index (κ1) is 18.0. The number of benzene rings is 1. The lowest BCUT2D eigenvalue weighted by Gasteiger charge is -2.12. The Balaban J connectivity index is 1.59. The predicted molar refractivity (Wildman–Crippen MR) is 99.6 cm³/mol. The van der Waals surface area contributed by atoms with Gasteiger partial charge in [-0.1, -0.05) is 30.3 Å². The summed E-state index contributed by atoms with van der Waals surface area (Å²) in [5.74, 6) is 0.571. The molecule has 2 aromatic rings. The molecule has 0 aliphatic carbocycles. The Morgan fingerprint density at radius 2 is 1.96 bits per heavy atom. The van der Waals surface area contributed by atoms with Crippen molar-refractivity contribution < 1.29 is 18.8 Å². The second kappa shape index (κ2) is 7.61. The molecule has 134 valence electrons. The van der Waals surface area contributed by atoms with Crippen LogP contribution in [0, 0.1) is 13.8 Å². The molecule has 1 aromatic heterocycles. The Morgan fingerprint density at radius 1 is 1.23 bits per heavy atom. The number of nitrogens with one attached hydrogen (secondary N) is 1. The van der Waals surface area contributed by atoms with Crippen LogP contribution < -0.4 is 5.32 Å². The third-order valence-electron chi connectivity index (χ3n) is 3.88. The molecule has 1 fully saturated rings. The molecule has 26 heavy (non-hydrogen) atoms. The maximum absolute atomic E-state index is 12.4. The molecule has 3 rings (SSSR count). The van der Waals surface area contributed by atoms with Gasteiger partial charge in [0.05, 0.1) is 10.5 Å². The molecule has 1 aromatic carbocycles. The van der Waals surface area contributed by atoms with E-state index in [9.17, 15) is 14.4 Å². The van der Waals surface area contributed by atoms with Crippen molar-refractivity contribution in [2.45, 2.75) is 13.8 Å². The minimum atomic E-state index is -0.339. The van der Waals surface area contributed by atoms with E-state index in [-0.39, 0.29) is 30.1 Å². The first-order valence-corrected chi connectivity index (χ1v) is 8.93. The van der Waals surface area contributed by atoms with Crippen molar-refractivity contribution in [3.8, 4) is 0 Å². The van der Waals surface area contributed by atoms with E-state index in [1.54, 1.807) is 26.0 Å². The average Bonchev–Trinajstić information content (AvgIpc) is 3.08. The Kier molecular flexibility index (Phi) is 5.27. The number of hydrogen-bond donors (Lipinski definition) is 1. The number of amides is 3. The highest BCUT2D eigenvalue weighted by atomic mass is 32.2. The van der Waals surface area contributed by atoms with Crippen molar-refractivity contribution in [2.24, 2.45) is 0 Å². The third-order valence-corrected chi connectivity index (χ3v) is 4.78. The van der Waals surface area contributed by atoms with Gasteiger partial charge in [-0.2, -0.15) is 0 Å². The number of carbonyl (C=O) groups excluding carboxylic acids is 3. The van der Waals surface area contributed by atoms with Crippen molar-refractivity contribution in [3.63, 3.8) is 0 Å².